The van der Waals surface area contributed by atoms with Crippen LogP contribution in [0.3, 0.4) is 0 Å². The van der Waals surface area contributed by atoms with Crippen LogP contribution in [0, 0.1) is 0 Å². The number of fused-ring (bicyclic) bond motifs is 2. The highest BCUT2D eigenvalue weighted by Crippen LogP contribution is 2.19. The minimum atomic E-state index is -4.50. The summed E-state index contributed by atoms with van der Waals surface area (Å²) in [5, 5.41) is 0.954. The van der Waals surface area contributed by atoms with Crippen molar-refractivity contribution < 1.29 is 22.8 Å². The number of benzene rings is 4. The van der Waals surface area contributed by atoms with Crippen LogP contribution in [0.1, 0.15) is 44.3 Å². The highest BCUT2D eigenvalue weighted by atomic mass is 19.4. The fraction of sp³-hybridized carbons (Fsp3) is 0.231. The summed E-state index contributed by atoms with van der Waals surface area (Å²) in [6.45, 7) is 1.06. The highest BCUT2D eigenvalue weighted by Gasteiger charge is 2.31. The number of carbonyl (C=O) groups excluding carboxylic acids is 2. The van der Waals surface area contributed by atoms with Crippen LogP contribution in [0.25, 0.3) is 21.8 Å². The monoisotopic (exact) mass is 708 g/mol. The number of para-hydroxylation sites is 1. The molecule has 0 N–H and O–H groups in total. The number of rotatable bonds is 10. The van der Waals surface area contributed by atoms with E-state index in [0.29, 0.717) is 50.8 Å². The molecule has 52 heavy (non-hydrogen) atoms. The quantitative estimate of drug-likeness (QED) is 0.185. The minimum Gasteiger partial charge on any atom is -0.339 e. The molecule has 0 saturated heterocycles. The summed E-state index contributed by atoms with van der Waals surface area (Å²) in [5.41, 5.74) is 3.78. The molecule has 6 rings (SSSR count). The molecular weight excluding hydrogens is 673 g/mol. The molecular formula is C39H35F3N6O4. The molecule has 6 aromatic rings. The zero-order valence-corrected chi connectivity index (χ0v) is 28.7. The van der Waals surface area contributed by atoms with Crippen LogP contribution in [0.5, 0.6) is 0 Å². The Morgan fingerprint density at radius 1 is 0.692 bits per heavy atom. The lowest BCUT2D eigenvalue weighted by Crippen LogP contribution is -2.36. The lowest BCUT2D eigenvalue weighted by molar-refractivity contribution is -0.138. The number of hydrogen-bond acceptors (Lipinski definition) is 6. The van der Waals surface area contributed by atoms with Gasteiger partial charge in [0.2, 0.25) is 0 Å². The Hall–Kier alpha value is -6.11. The van der Waals surface area contributed by atoms with Gasteiger partial charge in [-0.1, -0.05) is 42.5 Å². The molecule has 0 radical (unpaired) electrons. The van der Waals surface area contributed by atoms with E-state index < -0.39 is 18.6 Å². The number of carbonyl (C=O) groups is 2. The molecule has 0 aliphatic heterocycles. The van der Waals surface area contributed by atoms with Gasteiger partial charge in [-0.15, -0.1) is 0 Å². The maximum Gasteiger partial charge on any atom is 0.406 e. The lowest BCUT2D eigenvalue weighted by atomic mass is 10.0. The first-order valence-electron chi connectivity index (χ1n) is 16.5. The van der Waals surface area contributed by atoms with E-state index in [9.17, 15) is 32.3 Å². The van der Waals surface area contributed by atoms with E-state index in [1.165, 1.54) is 29.4 Å². The molecule has 0 fully saturated rings. The van der Waals surface area contributed by atoms with Crippen molar-refractivity contribution in [1.29, 1.82) is 0 Å². The third-order valence-corrected chi connectivity index (χ3v) is 9.00. The predicted molar refractivity (Wildman–Crippen MR) is 191 cm³/mol. The third kappa shape index (κ3) is 7.93. The molecule has 1 unspecified atom stereocenters. The van der Waals surface area contributed by atoms with E-state index in [1.54, 1.807) is 65.0 Å². The Bertz CT molecular complexity index is 2390. The standard InChI is InChI=1S/C39H35F3N6O4/c1-25(46(3)36(50)30-15-10-27(11-16-30)20-47-23-43-33-7-5-4-6-31(33)37(47)51)18-28-12-17-32-34(19-28)44-24-48(38(32)52)21-26-8-13-29(14-9-26)35(49)45(2)22-39(40,41)42/h4-17,19,23-25H,18,20-22H2,1-3H3. The van der Waals surface area contributed by atoms with Gasteiger partial charge >= 0.3 is 6.18 Å². The molecule has 2 aromatic heterocycles. The molecule has 10 nitrogen and oxygen atoms in total. The van der Waals surface area contributed by atoms with E-state index in [1.807, 2.05) is 37.3 Å². The van der Waals surface area contributed by atoms with Gasteiger partial charge in [-0.25, -0.2) is 9.97 Å². The summed E-state index contributed by atoms with van der Waals surface area (Å²) < 4.78 is 41.0. The van der Waals surface area contributed by atoms with Crippen molar-refractivity contribution in [2.24, 2.45) is 0 Å². The zero-order chi connectivity index (χ0) is 37.2. The number of amides is 2. The van der Waals surface area contributed by atoms with Gasteiger partial charge < -0.3 is 9.80 Å². The second kappa shape index (κ2) is 14.6. The molecule has 1 atom stereocenters. The van der Waals surface area contributed by atoms with E-state index in [4.69, 9.17) is 0 Å². The average Bonchev–Trinajstić information content (AvgIpc) is 3.13. The average molecular weight is 709 g/mol. The number of hydrogen-bond donors (Lipinski definition) is 0. The Labute approximate surface area is 296 Å². The van der Waals surface area contributed by atoms with Gasteiger partial charge in [-0.05, 0) is 78.6 Å². The summed E-state index contributed by atoms with van der Waals surface area (Å²) in [7, 11) is 2.83. The Kier molecular flexibility index (Phi) is 10.0. The second-order valence-electron chi connectivity index (χ2n) is 12.9. The molecule has 2 amide bonds. The molecule has 2 heterocycles. The van der Waals surface area contributed by atoms with Gasteiger partial charge in [-0.3, -0.25) is 28.3 Å². The number of likely N-dealkylation sites (N-methyl/N-ethyl adjacent to an activating group) is 1. The van der Waals surface area contributed by atoms with Crippen LogP contribution in [0.2, 0.25) is 0 Å². The number of alkyl halides is 3. The smallest absolute Gasteiger partial charge is 0.339 e. The summed E-state index contributed by atoms with van der Waals surface area (Å²) in [5.74, 6) is -0.912. The van der Waals surface area contributed by atoms with Crippen LogP contribution in [-0.2, 0) is 19.5 Å². The van der Waals surface area contributed by atoms with E-state index in [2.05, 4.69) is 9.97 Å². The van der Waals surface area contributed by atoms with Crippen molar-refractivity contribution in [3.05, 3.63) is 152 Å². The van der Waals surface area contributed by atoms with Gasteiger partial charge in [0.25, 0.3) is 22.9 Å². The zero-order valence-electron chi connectivity index (χ0n) is 28.7. The first-order chi connectivity index (χ1) is 24.8. The van der Waals surface area contributed by atoms with Crippen molar-refractivity contribution in [2.75, 3.05) is 20.6 Å². The van der Waals surface area contributed by atoms with Crippen molar-refractivity contribution >= 4 is 33.6 Å². The fourth-order valence-electron chi connectivity index (χ4n) is 6.00. The van der Waals surface area contributed by atoms with E-state index in [-0.39, 0.29) is 35.2 Å². The summed E-state index contributed by atoms with van der Waals surface area (Å²) in [4.78, 5) is 63.0. The fourth-order valence-corrected chi connectivity index (χ4v) is 6.00. The maximum absolute atomic E-state index is 13.4. The SMILES string of the molecule is CC(Cc1ccc2c(=O)n(Cc3ccc(C(=O)N(C)CC(F)(F)F)cc3)cnc2c1)N(C)C(=O)c1ccc(Cn2cnc3ccccc3c2=O)cc1. The molecule has 266 valence electrons. The lowest BCUT2D eigenvalue weighted by Gasteiger charge is -2.25. The predicted octanol–water partition coefficient (Wildman–Crippen LogP) is 5.54. The Morgan fingerprint density at radius 3 is 1.77 bits per heavy atom. The molecule has 0 aliphatic rings. The van der Waals surface area contributed by atoms with Crippen LogP contribution in [0.4, 0.5) is 13.2 Å². The van der Waals surface area contributed by atoms with Crippen LogP contribution < -0.4 is 11.1 Å². The van der Waals surface area contributed by atoms with Gasteiger partial charge in [0.1, 0.15) is 6.54 Å². The number of nitrogens with zero attached hydrogens (tertiary/aromatic N) is 6. The van der Waals surface area contributed by atoms with Gasteiger partial charge in [0.05, 0.1) is 47.6 Å². The first-order valence-corrected chi connectivity index (χ1v) is 16.5. The van der Waals surface area contributed by atoms with Crippen molar-refractivity contribution in [2.45, 2.75) is 38.7 Å². The maximum atomic E-state index is 13.4. The third-order valence-electron chi connectivity index (χ3n) is 9.00. The van der Waals surface area contributed by atoms with Crippen molar-refractivity contribution in [3.63, 3.8) is 0 Å². The molecule has 0 spiro atoms. The van der Waals surface area contributed by atoms with Gasteiger partial charge in [0, 0.05) is 31.3 Å². The Balaban J connectivity index is 1.08. The van der Waals surface area contributed by atoms with E-state index >= 15 is 0 Å². The topological polar surface area (TPSA) is 110 Å². The minimum absolute atomic E-state index is 0.108. The second-order valence-corrected chi connectivity index (χ2v) is 12.9. The van der Waals surface area contributed by atoms with Crippen LogP contribution in [-0.4, -0.2) is 73.6 Å². The molecule has 0 aliphatic carbocycles. The first kappa shape index (κ1) is 35.7. The molecule has 4 aromatic carbocycles. The Morgan fingerprint density at radius 2 is 1.19 bits per heavy atom. The van der Waals surface area contributed by atoms with Crippen molar-refractivity contribution in [3.8, 4) is 0 Å². The van der Waals surface area contributed by atoms with Crippen molar-refractivity contribution in [1.82, 2.24) is 28.9 Å². The normalized spacial score (nSPS) is 12.2. The number of aromatic nitrogens is 4. The van der Waals surface area contributed by atoms with Gasteiger partial charge in [0.15, 0.2) is 0 Å². The van der Waals surface area contributed by atoms with Crippen LogP contribution >= 0.6 is 0 Å². The molecule has 0 saturated carbocycles. The van der Waals surface area contributed by atoms with Gasteiger partial charge in [-0.2, -0.15) is 13.2 Å². The summed E-state index contributed by atoms with van der Waals surface area (Å²) in [6.07, 6.45) is -1.02. The largest absolute Gasteiger partial charge is 0.406 e. The van der Waals surface area contributed by atoms with Crippen LogP contribution in [0.15, 0.2) is 113 Å². The molecule has 13 heteroatoms. The highest BCUT2D eigenvalue weighted by molar-refractivity contribution is 5.94. The van der Waals surface area contributed by atoms with E-state index in [0.717, 1.165) is 18.2 Å². The summed E-state index contributed by atoms with van der Waals surface area (Å²) in [6, 6.07) is 25.6. The molecule has 0 bridgehead atoms. The summed E-state index contributed by atoms with van der Waals surface area (Å²) >= 11 is 0. The number of halogens is 3.